The third kappa shape index (κ3) is 4.86. The van der Waals surface area contributed by atoms with E-state index in [4.69, 9.17) is 0 Å². The van der Waals surface area contributed by atoms with Crippen LogP contribution in [0.4, 0.5) is 5.69 Å². The van der Waals surface area contributed by atoms with Gasteiger partial charge in [-0.3, -0.25) is 4.79 Å². The zero-order chi connectivity index (χ0) is 21.8. The Morgan fingerprint density at radius 3 is 2.29 bits per heavy atom. The van der Waals surface area contributed by atoms with Gasteiger partial charge in [0.25, 0.3) is 0 Å². The van der Waals surface area contributed by atoms with Gasteiger partial charge in [0.1, 0.15) is 0 Å². The topological polar surface area (TPSA) is 57.7 Å². The lowest BCUT2D eigenvalue weighted by atomic mass is 9.96. The second kappa shape index (κ2) is 9.04. The van der Waals surface area contributed by atoms with Crippen LogP contribution in [0.25, 0.3) is 16.8 Å². The fourth-order valence-corrected chi connectivity index (χ4v) is 5.18. The second-order valence-corrected chi connectivity index (χ2v) is 9.68. The highest BCUT2D eigenvalue weighted by molar-refractivity contribution is 7.92. The van der Waals surface area contributed by atoms with Crippen LogP contribution >= 0.6 is 0 Å². The van der Waals surface area contributed by atoms with Crippen molar-refractivity contribution in [3.05, 3.63) is 83.8 Å². The SMILES string of the molecule is CN(C(=O)C1CCN(S(=O)(=O)/C=C/c2ccccc2)CC1)c1ccc2ccccc2c1. The first-order valence-corrected chi connectivity index (χ1v) is 11.9. The zero-order valence-corrected chi connectivity index (χ0v) is 18.3. The summed E-state index contributed by atoms with van der Waals surface area (Å²) in [6, 6.07) is 23.4. The molecule has 1 heterocycles. The van der Waals surface area contributed by atoms with Crippen molar-refractivity contribution in [3.63, 3.8) is 0 Å². The summed E-state index contributed by atoms with van der Waals surface area (Å²) < 4.78 is 26.8. The van der Waals surface area contributed by atoms with Crippen LogP contribution < -0.4 is 4.90 Å². The molecular weight excluding hydrogens is 408 g/mol. The second-order valence-electron chi connectivity index (χ2n) is 7.86. The molecule has 1 aliphatic rings. The Morgan fingerprint density at radius 1 is 0.935 bits per heavy atom. The molecular formula is C25H26N2O3S. The lowest BCUT2D eigenvalue weighted by Crippen LogP contribution is -2.43. The zero-order valence-electron chi connectivity index (χ0n) is 17.5. The first-order chi connectivity index (χ1) is 14.9. The molecule has 0 spiro atoms. The summed E-state index contributed by atoms with van der Waals surface area (Å²) in [5.74, 6) is -0.145. The fraction of sp³-hybridized carbons (Fsp3) is 0.240. The van der Waals surface area contributed by atoms with Gasteiger partial charge in [-0.25, -0.2) is 8.42 Å². The van der Waals surface area contributed by atoms with Gasteiger partial charge in [-0.2, -0.15) is 4.31 Å². The molecule has 3 aromatic carbocycles. The van der Waals surface area contributed by atoms with Gasteiger partial charge in [0, 0.05) is 37.2 Å². The number of sulfonamides is 1. The molecule has 0 radical (unpaired) electrons. The van der Waals surface area contributed by atoms with Crippen molar-refractivity contribution in [2.75, 3.05) is 25.0 Å². The van der Waals surface area contributed by atoms with Crippen molar-refractivity contribution in [2.24, 2.45) is 5.92 Å². The quantitative estimate of drug-likeness (QED) is 0.593. The molecule has 0 atom stereocenters. The van der Waals surface area contributed by atoms with Crippen LogP contribution in [0.2, 0.25) is 0 Å². The molecule has 0 N–H and O–H groups in total. The average Bonchev–Trinajstić information content (AvgIpc) is 2.82. The predicted molar refractivity (Wildman–Crippen MR) is 126 cm³/mol. The number of hydrogen-bond acceptors (Lipinski definition) is 3. The van der Waals surface area contributed by atoms with Crippen molar-refractivity contribution < 1.29 is 13.2 Å². The number of carbonyl (C=O) groups is 1. The van der Waals surface area contributed by atoms with E-state index in [9.17, 15) is 13.2 Å². The van der Waals surface area contributed by atoms with Gasteiger partial charge in [-0.15, -0.1) is 0 Å². The molecule has 1 fully saturated rings. The number of anilines is 1. The highest BCUT2D eigenvalue weighted by Crippen LogP contribution is 2.26. The number of rotatable bonds is 5. The molecule has 3 aromatic rings. The maximum absolute atomic E-state index is 13.0. The Kier molecular flexibility index (Phi) is 6.20. The summed E-state index contributed by atoms with van der Waals surface area (Å²) in [7, 11) is -1.71. The van der Waals surface area contributed by atoms with Crippen LogP contribution in [0, 0.1) is 5.92 Å². The first-order valence-electron chi connectivity index (χ1n) is 10.4. The van der Waals surface area contributed by atoms with Crippen molar-refractivity contribution >= 4 is 38.5 Å². The van der Waals surface area contributed by atoms with Gasteiger partial charge in [0.15, 0.2) is 0 Å². The predicted octanol–water partition coefficient (Wildman–Crippen LogP) is 4.52. The van der Waals surface area contributed by atoms with E-state index in [-0.39, 0.29) is 11.8 Å². The summed E-state index contributed by atoms with van der Waals surface area (Å²) in [4.78, 5) is 14.7. The number of hydrogen-bond donors (Lipinski definition) is 0. The molecule has 0 aliphatic carbocycles. The Hall–Kier alpha value is -2.96. The lowest BCUT2D eigenvalue weighted by molar-refractivity contribution is -0.123. The monoisotopic (exact) mass is 434 g/mol. The standard InChI is InChI=1S/C25H26N2O3S/c1-26(24-12-11-21-9-5-6-10-23(21)19-24)25(28)22-13-16-27(17-14-22)31(29,30)18-15-20-7-3-2-4-8-20/h2-12,15,18-19,22H,13-14,16-17H2,1H3/b18-15+. The Morgan fingerprint density at radius 2 is 1.58 bits per heavy atom. The van der Waals surface area contributed by atoms with Crippen LogP contribution in [0.3, 0.4) is 0 Å². The Bertz CT molecular complexity index is 1200. The lowest BCUT2D eigenvalue weighted by Gasteiger charge is -2.32. The molecule has 160 valence electrons. The molecule has 1 aliphatic heterocycles. The van der Waals surface area contributed by atoms with Crippen molar-refractivity contribution in [1.29, 1.82) is 0 Å². The van der Waals surface area contributed by atoms with E-state index in [1.165, 1.54) is 9.71 Å². The largest absolute Gasteiger partial charge is 0.315 e. The molecule has 6 heteroatoms. The highest BCUT2D eigenvalue weighted by atomic mass is 32.2. The summed E-state index contributed by atoms with van der Waals surface area (Å²) in [5.41, 5.74) is 1.69. The molecule has 5 nitrogen and oxygen atoms in total. The fourth-order valence-electron chi connectivity index (χ4n) is 3.96. The minimum absolute atomic E-state index is 0.0344. The van der Waals surface area contributed by atoms with E-state index in [2.05, 4.69) is 0 Å². The van der Waals surface area contributed by atoms with E-state index in [1.54, 1.807) is 18.0 Å². The van der Waals surface area contributed by atoms with Gasteiger partial charge >= 0.3 is 0 Å². The number of nitrogens with zero attached hydrogens (tertiary/aromatic N) is 2. The molecule has 31 heavy (non-hydrogen) atoms. The van der Waals surface area contributed by atoms with Gasteiger partial charge in [0.05, 0.1) is 0 Å². The summed E-state index contributed by atoms with van der Waals surface area (Å²) >= 11 is 0. The third-order valence-electron chi connectivity index (χ3n) is 5.85. The van der Waals surface area contributed by atoms with Gasteiger partial charge in [0.2, 0.25) is 15.9 Å². The molecule has 0 saturated carbocycles. The van der Waals surface area contributed by atoms with Crippen LogP contribution in [-0.4, -0.2) is 38.8 Å². The minimum atomic E-state index is -3.50. The van der Waals surface area contributed by atoms with Crippen molar-refractivity contribution in [3.8, 4) is 0 Å². The van der Waals surface area contributed by atoms with Gasteiger partial charge in [-0.05, 0) is 47.4 Å². The highest BCUT2D eigenvalue weighted by Gasteiger charge is 2.31. The van der Waals surface area contributed by atoms with E-state index < -0.39 is 10.0 Å². The molecule has 1 amide bonds. The van der Waals surface area contributed by atoms with E-state index in [0.717, 1.165) is 22.0 Å². The van der Waals surface area contributed by atoms with Gasteiger partial charge in [-0.1, -0.05) is 60.7 Å². The van der Waals surface area contributed by atoms with Crippen LogP contribution in [0.15, 0.2) is 78.2 Å². The van der Waals surface area contributed by atoms with E-state index in [1.807, 2.05) is 72.8 Å². The molecule has 0 bridgehead atoms. The molecule has 4 rings (SSSR count). The Labute approximate surface area is 183 Å². The summed E-state index contributed by atoms with van der Waals surface area (Å²) in [6.07, 6.45) is 2.66. The van der Waals surface area contributed by atoms with E-state index >= 15 is 0 Å². The van der Waals surface area contributed by atoms with Crippen LogP contribution in [0.5, 0.6) is 0 Å². The summed E-state index contributed by atoms with van der Waals surface area (Å²) in [5, 5.41) is 3.48. The number of fused-ring (bicyclic) bond motifs is 1. The Balaban J connectivity index is 1.39. The van der Waals surface area contributed by atoms with E-state index in [0.29, 0.717) is 25.9 Å². The number of benzene rings is 3. The molecule has 0 unspecified atom stereocenters. The molecule has 0 aromatic heterocycles. The van der Waals surface area contributed by atoms with Crippen LogP contribution in [-0.2, 0) is 14.8 Å². The minimum Gasteiger partial charge on any atom is -0.315 e. The maximum Gasteiger partial charge on any atom is 0.236 e. The number of amides is 1. The first kappa shape index (κ1) is 21.3. The van der Waals surface area contributed by atoms with Crippen molar-refractivity contribution in [1.82, 2.24) is 4.31 Å². The van der Waals surface area contributed by atoms with Crippen molar-refractivity contribution in [2.45, 2.75) is 12.8 Å². The molecule has 1 saturated heterocycles. The third-order valence-corrected chi connectivity index (χ3v) is 7.41. The number of piperidine rings is 1. The average molecular weight is 435 g/mol. The normalized spacial score (nSPS) is 16.0. The summed E-state index contributed by atoms with van der Waals surface area (Å²) in [6.45, 7) is 0.701. The number of carbonyl (C=O) groups excluding carboxylic acids is 1. The van der Waals surface area contributed by atoms with Gasteiger partial charge < -0.3 is 4.90 Å². The van der Waals surface area contributed by atoms with Crippen LogP contribution in [0.1, 0.15) is 18.4 Å². The smallest absolute Gasteiger partial charge is 0.236 e. The maximum atomic E-state index is 13.0.